The van der Waals surface area contributed by atoms with Crippen LogP contribution in [0, 0.1) is 11.8 Å². The first-order valence-electron chi connectivity index (χ1n) is 7.24. The van der Waals surface area contributed by atoms with Crippen molar-refractivity contribution in [2.24, 2.45) is 11.8 Å². The summed E-state index contributed by atoms with van der Waals surface area (Å²) < 4.78 is 0. The summed E-state index contributed by atoms with van der Waals surface area (Å²) in [6.07, 6.45) is 12.9. The molecule has 0 bridgehead atoms. The molecular weight excluding hydrogens is 180 g/mol. The largest absolute Gasteiger partial charge is 0.0654 e. The van der Waals surface area contributed by atoms with Crippen molar-refractivity contribution < 1.29 is 0 Å². The highest BCUT2D eigenvalue weighted by atomic mass is 14.1. The molecule has 0 fully saturated rings. The fraction of sp³-hybridized carbons (Fsp3) is 1.00. The maximum atomic E-state index is 2.39. The van der Waals surface area contributed by atoms with E-state index in [2.05, 4.69) is 27.7 Å². The zero-order valence-electron chi connectivity index (χ0n) is 11.5. The molecule has 15 heavy (non-hydrogen) atoms. The molecule has 2 unspecified atom stereocenters. The molecule has 0 nitrogen and oxygen atoms in total. The fourth-order valence-corrected chi connectivity index (χ4v) is 2.19. The lowest BCUT2D eigenvalue weighted by atomic mass is 9.91. The van der Waals surface area contributed by atoms with E-state index in [0.29, 0.717) is 0 Å². The van der Waals surface area contributed by atoms with E-state index in [0.717, 1.165) is 11.8 Å². The molecule has 0 amide bonds. The van der Waals surface area contributed by atoms with Crippen molar-refractivity contribution >= 4 is 0 Å². The number of rotatable bonds is 10. The predicted octanol–water partition coefficient (Wildman–Crippen LogP) is 5.81. The molecule has 0 heteroatoms. The van der Waals surface area contributed by atoms with Crippen molar-refractivity contribution in [2.45, 2.75) is 85.5 Å². The quantitative estimate of drug-likeness (QED) is 0.401. The Balaban J connectivity index is 3.43. The van der Waals surface area contributed by atoms with Crippen LogP contribution in [-0.2, 0) is 0 Å². The summed E-state index contributed by atoms with van der Waals surface area (Å²) >= 11 is 0. The third-order valence-electron chi connectivity index (χ3n) is 3.80. The van der Waals surface area contributed by atoms with Gasteiger partial charge in [0.25, 0.3) is 0 Å². The van der Waals surface area contributed by atoms with E-state index in [4.69, 9.17) is 0 Å². The van der Waals surface area contributed by atoms with Gasteiger partial charge in [0.2, 0.25) is 0 Å². The summed E-state index contributed by atoms with van der Waals surface area (Å²) in [5.41, 5.74) is 0. The van der Waals surface area contributed by atoms with Gasteiger partial charge in [-0.15, -0.1) is 0 Å². The van der Waals surface area contributed by atoms with Crippen molar-refractivity contribution in [2.75, 3.05) is 0 Å². The molecule has 0 heterocycles. The maximum Gasteiger partial charge on any atom is -0.0417 e. The van der Waals surface area contributed by atoms with Gasteiger partial charge in [0, 0.05) is 0 Å². The molecule has 0 rings (SSSR count). The molecule has 0 radical (unpaired) electrons. The molecule has 2 atom stereocenters. The van der Waals surface area contributed by atoms with Crippen molar-refractivity contribution in [1.82, 2.24) is 0 Å². The molecule has 0 aromatic carbocycles. The van der Waals surface area contributed by atoms with E-state index in [1.54, 1.807) is 0 Å². The second-order valence-corrected chi connectivity index (χ2v) is 5.21. The molecule has 0 aliphatic carbocycles. The predicted molar refractivity (Wildman–Crippen MR) is 71.2 cm³/mol. The first-order chi connectivity index (χ1) is 7.24. The van der Waals surface area contributed by atoms with Gasteiger partial charge in [-0.3, -0.25) is 0 Å². The Morgan fingerprint density at radius 2 is 1.40 bits per heavy atom. The van der Waals surface area contributed by atoms with Crippen LogP contribution >= 0.6 is 0 Å². The molecule has 0 N–H and O–H groups in total. The monoisotopic (exact) mass is 212 g/mol. The topological polar surface area (TPSA) is 0 Å². The van der Waals surface area contributed by atoms with Gasteiger partial charge in [-0.05, 0) is 11.8 Å². The second-order valence-electron chi connectivity index (χ2n) is 5.21. The smallest absolute Gasteiger partial charge is 0.0417 e. The van der Waals surface area contributed by atoms with Gasteiger partial charge in [0.1, 0.15) is 0 Å². The molecule has 0 spiro atoms. The van der Waals surface area contributed by atoms with Gasteiger partial charge in [-0.25, -0.2) is 0 Å². The van der Waals surface area contributed by atoms with Gasteiger partial charge in [0.05, 0.1) is 0 Å². The third kappa shape index (κ3) is 8.96. The van der Waals surface area contributed by atoms with Gasteiger partial charge in [-0.1, -0.05) is 85.5 Å². The lowest BCUT2D eigenvalue weighted by Crippen LogP contribution is -2.01. The number of hydrogen-bond donors (Lipinski definition) is 0. The number of unbranched alkanes of at least 4 members (excludes halogenated alkanes) is 2. The van der Waals surface area contributed by atoms with E-state index in [1.807, 2.05) is 0 Å². The minimum atomic E-state index is 0.943. The van der Waals surface area contributed by atoms with Crippen LogP contribution in [0.25, 0.3) is 0 Å². The third-order valence-corrected chi connectivity index (χ3v) is 3.80. The first kappa shape index (κ1) is 15.0. The van der Waals surface area contributed by atoms with Crippen LogP contribution in [-0.4, -0.2) is 0 Å². The Bertz CT molecular complexity index is 117. The molecule has 0 aromatic rings. The molecule has 0 aliphatic heterocycles. The van der Waals surface area contributed by atoms with E-state index in [1.165, 1.54) is 57.8 Å². The first-order valence-corrected chi connectivity index (χ1v) is 7.24. The molecule has 0 saturated heterocycles. The second kappa shape index (κ2) is 10.5. The van der Waals surface area contributed by atoms with Gasteiger partial charge in [-0.2, -0.15) is 0 Å². The van der Waals surface area contributed by atoms with Crippen molar-refractivity contribution in [3.8, 4) is 0 Å². The van der Waals surface area contributed by atoms with E-state index in [-0.39, 0.29) is 0 Å². The van der Waals surface area contributed by atoms with Crippen molar-refractivity contribution in [3.63, 3.8) is 0 Å². The van der Waals surface area contributed by atoms with Crippen LogP contribution in [0.15, 0.2) is 0 Å². The van der Waals surface area contributed by atoms with Gasteiger partial charge in [0.15, 0.2) is 0 Å². The Morgan fingerprint density at radius 3 is 1.93 bits per heavy atom. The SMILES string of the molecule is CCCCCC(CC)CCCC(C)CC. The average molecular weight is 212 g/mol. The molecule has 0 aliphatic rings. The molecule has 0 saturated carbocycles. The standard InChI is InChI=1S/C15H32/c1-5-8-9-12-15(7-3)13-10-11-14(4)6-2/h14-15H,5-13H2,1-4H3. The van der Waals surface area contributed by atoms with E-state index >= 15 is 0 Å². The Kier molecular flexibility index (Phi) is 10.5. The highest BCUT2D eigenvalue weighted by molar-refractivity contribution is 4.60. The summed E-state index contributed by atoms with van der Waals surface area (Å²) in [4.78, 5) is 0. The van der Waals surface area contributed by atoms with Gasteiger partial charge < -0.3 is 0 Å². The lowest BCUT2D eigenvalue weighted by molar-refractivity contribution is 0.377. The minimum Gasteiger partial charge on any atom is -0.0654 e. The van der Waals surface area contributed by atoms with E-state index < -0.39 is 0 Å². The Morgan fingerprint density at radius 1 is 0.733 bits per heavy atom. The Labute approximate surface area is 97.8 Å². The van der Waals surface area contributed by atoms with Crippen LogP contribution in [0.1, 0.15) is 85.5 Å². The van der Waals surface area contributed by atoms with Gasteiger partial charge >= 0.3 is 0 Å². The summed E-state index contributed by atoms with van der Waals surface area (Å²) in [6.45, 7) is 9.35. The highest BCUT2D eigenvalue weighted by Crippen LogP contribution is 2.22. The molecular formula is C15H32. The van der Waals surface area contributed by atoms with Crippen LogP contribution in [0.3, 0.4) is 0 Å². The average Bonchev–Trinajstić information content (AvgIpc) is 2.26. The zero-order chi connectivity index (χ0) is 11.5. The fourth-order valence-electron chi connectivity index (χ4n) is 2.19. The number of hydrogen-bond acceptors (Lipinski definition) is 0. The zero-order valence-corrected chi connectivity index (χ0v) is 11.5. The van der Waals surface area contributed by atoms with Crippen molar-refractivity contribution in [3.05, 3.63) is 0 Å². The lowest BCUT2D eigenvalue weighted by Gasteiger charge is -2.15. The maximum absolute atomic E-state index is 2.39. The molecule has 92 valence electrons. The normalized spacial score (nSPS) is 15.2. The highest BCUT2D eigenvalue weighted by Gasteiger charge is 2.06. The van der Waals surface area contributed by atoms with Crippen LogP contribution in [0.5, 0.6) is 0 Å². The summed E-state index contributed by atoms with van der Waals surface area (Å²) in [6, 6.07) is 0. The summed E-state index contributed by atoms with van der Waals surface area (Å²) in [7, 11) is 0. The molecule has 0 aromatic heterocycles. The van der Waals surface area contributed by atoms with Crippen LogP contribution in [0.2, 0.25) is 0 Å². The summed E-state index contributed by atoms with van der Waals surface area (Å²) in [5, 5.41) is 0. The van der Waals surface area contributed by atoms with E-state index in [9.17, 15) is 0 Å². The minimum absolute atomic E-state index is 0.943. The van der Waals surface area contributed by atoms with Crippen molar-refractivity contribution in [1.29, 1.82) is 0 Å². The van der Waals surface area contributed by atoms with Crippen LogP contribution in [0.4, 0.5) is 0 Å². The van der Waals surface area contributed by atoms with Crippen LogP contribution < -0.4 is 0 Å². The Hall–Kier alpha value is 0. The summed E-state index contributed by atoms with van der Waals surface area (Å²) in [5.74, 6) is 1.96.